The van der Waals surface area contributed by atoms with E-state index in [0.29, 0.717) is 18.7 Å². The summed E-state index contributed by atoms with van der Waals surface area (Å²) in [6.07, 6.45) is 2.46. The number of amides is 2. The summed E-state index contributed by atoms with van der Waals surface area (Å²) in [5.74, 6) is 0.630. The fourth-order valence-corrected chi connectivity index (χ4v) is 2.69. The predicted octanol–water partition coefficient (Wildman–Crippen LogP) is 1.98. The van der Waals surface area contributed by atoms with Gasteiger partial charge in [-0.25, -0.2) is 0 Å². The number of rotatable bonds is 8. The third-order valence-corrected chi connectivity index (χ3v) is 4.43. The summed E-state index contributed by atoms with van der Waals surface area (Å²) < 4.78 is 0. The molecule has 0 heterocycles. The molecule has 2 N–H and O–H groups in total. The van der Waals surface area contributed by atoms with Crippen molar-refractivity contribution in [1.29, 1.82) is 0 Å². The monoisotopic (exact) mass is 312 g/mol. The maximum absolute atomic E-state index is 11.9. The van der Waals surface area contributed by atoms with Crippen LogP contribution in [0.25, 0.3) is 0 Å². The van der Waals surface area contributed by atoms with E-state index < -0.39 is 0 Å². The minimum absolute atomic E-state index is 0.0795. The molecule has 0 bridgehead atoms. The molecule has 1 rings (SSSR count). The Morgan fingerprint density at radius 3 is 2.45 bits per heavy atom. The molecule has 6 heteroatoms. The van der Waals surface area contributed by atoms with Crippen LogP contribution in [0.3, 0.4) is 0 Å². The number of hydrogen-bond donors (Lipinski definition) is 1. The molecule has 2 amide bonds. The molecule has 0 aliphatic carbocycles. The molecule has 1 aromatic rings. The Morgan fingerprint density at radius 1 is 1.25 bits per heavy atom. The van der Waals surface area contributed by atoms with Gasteiger partial charge in [-0.3, -0.25) is 9.59 Å². The molecule has 0 saturated carbocycles. The van der Waals surface area contributed by atoms with Gasteiger partial charge >= 0.3 is 0 Å². The second kappa shape index (κ2) is 8.92. The van der Waals surface area contributed by atoms with Crippen LogP contribution < -0.4 is 5.73 Å². The molecular formula is C14H20N2O2S2. The Labute approximate surface area is 128 Å². The molecule has 0 aliphatic heterocycles. The number of primary amides is 1. The summed E-state index contributed by atoms with van der Waals surface area (Å²) in [4.78, 5) is 25.4. The third-order valence-electron chi connectivity index (χ3n) is 2.71. The van der Waals surface area contributed by atoms with E-state index in [4.69, 9.17) is 5.73 Å². The standard InChI is InChI=1S/C14H20N2O2S2/c1-16(14(18)7-8-20-10-13(15)17)9-11-3-5-12(19-2)6-4-11/h3-6H,7-10H2,1-2H3,(H2,15,17). The maximum Gasteiger partial charge on any atom is 0.227 e. The molecule has 1 aromatic carbocycles. The zero-order chi connectivity index (χ0) is 15.0. The molecule has 0 atom stereocenters. The Bertz CT molecular complexity index is 449. The normalized spacial score (nSPS) is 10.3. The summed E-state index contributed by atoms with van der Waals surface area (Å²) in [7, 11) is 1.80. The molecule has 0 fully saturated rings. The van der Waals surface area contributed by atoms with Gasteiger partial charge in [0.2, 0.25) is 11.8 Å². The minimum atomic E-state index is -0.343. The number of nitrogens with zero attached hydrogens (tertiary/aromatic N) is 1. The number of benzene rings is 1. The van der Waals surface area contributed by atoms with E-state index >= 15 is 0 Å². The molecule has 0 radical (unpaired) electrons. The van der Waals surface area contributed by atoms with Crippen LogP contribution in [-0.4, -0.2) is 41.5 Å². The highest BCUT2D eigenvalue weighted by Gasteiger charge is 2.09. The highest BCUT2D eigenvalue weighted by atomic mass is 32.2. The summed E-state index contributed by atoms with van der Waals surface area (Å²) in [5, 5.41) is 0. The van der Waals surface area contributed by atoms with E-state index in [1.807, 2.05) is 18.4 Å². The quantitative estimate of drug-likeness (QED) is 0.589. The highest BCUT2D eigenvalue weighted by molar-refractivity contribution is 7.99. The van der Waals surface area contributed by atoms with Gasteiger partial charge < -0.3 is 10.6 Å². The number of carbonyl (C=O) groups is 2. The van der Waals surface area contributed by atoms with Crippen LogP contribution in [0.1, 0.15) is 12.0 Å². The first-order chi connectivity index (χ1) is 9.52. The second-order valence-corrected chi connectivity index (χ2v) is 6.35. The first-order valence-corrected chi connectivity index (χ1v) is 8.64. The largest absolute Gasteiger partial charge is 0.369 e. The van der Waals surface area contributed by atoms with Crippen LogP contribution in [0.15, 0.2) is 29.2 Å². The lowest BCUT2D eigenvalue weighted by Crippen LogP contribution is -2.26. The minimum Gasteiger partial charge on any atom is -0.369 e. The van der Waals surface area contributed by atoms with Crippen molar-refractivity contribution in [3.63, 3.8) is 0 Å². The number of hydrogen-bond acceptors (Lipinski definition) is 4. The van der Waals surface area contributed by atoms with E-state index in [1.165, 1.54) is 16.7 Å². The maximum atomic E-state index is 11.9. The Morgan fingerprint density at radius 2 is 1.90 bits per heavy atom. The molecule has 0 spiro atoms. The molecule has 4 nitrogen and oxygen atoms in total. The van der Waals surface area contributed by atoms with Crippen LogP contribution in [0.2, 0.25) is 0 Å². The van der Waals surface area contributed by atoms with Crippen LogP contribution in [-0.2, 0) is 16.1 Å². The molecular weight excluding hydrogens is 292 g/mol. The molecule has 0 saturated heterocycles. The van der Waals surface area contributed by atoms with Crippen molar-refractivity contribution in [2.75, 3.05) is 24.8 Å². The van der Waals surface area contributed by atoms with Gasteiger partial charge in [-0.15, -0.1) is 11.8 Å². The Kier molecular flexibility index (Phi) is 7.54. The summed E-state index contributed by atoms with van der Waals surface area (Å²) in [6, 6.07) is 8.19. The topological polar surface area (TPSA) is 63.4 Å². The average molecular weight is 312 g/mol. The fraction of sp³-hybridized carbons (Fsp3) is 0.429. The summed E-state index contributed by atoms with van der Waals surface area (Å²) >= 11 is 3.09. The zero-order valence-electron chi connectivity index (χ0n) is 11.8. The van der Waals surface area contributed by atoms with Crippen molar-refractivity contribution in [2.45, 2.75) is 17.9 Å². The fourth-order valence-electron chi connectivity index (χ4n) is 1.62. The second-order valence-electron chi connectivity index (χ2n) is 4.37. The molecule has 20 heavy (non-hydrogen) atoms. The molecule has 0 aromatic heterocycles. The van der Waals surface area contributed by atoms with Gasteiger partial charge in [-0.05, 0) is 24.0 Å². The third kappa shape index (κ3) is 6.34. The Balaban J connectivity index is 2.34. The van der Waals surface area contributed by atoms with Crippen molar-refractivity contribution in [3.05, 3.63) is 29.8 Å². The SMILES string of the molecule is CSc1ccc(CN(C)C(=O)CCSCC(N)=O)cc1. The smallest absolute Gasteiger partial charge is 0.227 e. The van der Waals surface area contributed by atoms with E-state index in [0.717, 1.165) is 5.56 Å². The van der Waals surface area contributed by atoms with Crippen molar-refractivity contribution in [3.8, 4) is 0 Å². The molecule has 110 valence electrons. The van der Waals surface area contributed by atoms with Gasteiger partial charge in [0.05, 0.1) is 5.75 Å². The van der Waals surface area contributed by atoms with E-state index in [2.05, 4.69) is 12.1 Å². The van der Waals surface area contributed by atoms with Crippen LogP contribution >= 0.6 is 23.5 Å². The van der Waals surface area contributed by atoms with Gasteiger partial charge in [-0.1, -0.05) is 12.1 Å². The van der Waals surface area contributed by atoms with E-state index in [9.17, 15) is 9.59 Å². The van der Waals surface area contributed by atoms with Crippen molar-refractivity contribution >= 4 is 35.3 Å². The average Bonchev–Trinajstić information content (AvgIpc) is 2.44. The lowest BCUT2D eigenvalue weighted by atomic mass is 10.2. The van der Waals surface area contributed by atoms with Crippen molar-refractivity contribution in [1.82, 2.24) is 4.90 Å². The number of carbonyl (C=O) groups excluding carboxylic acids is 2. The van der Waals surface area contributed by atoms with Crippen LogP contribution in [0.4, 0.5) is 0 Å². The van der Waals surface area contributed by atoms with Crippen molar-refractivity contribution in [2.24, 2.45) is 5.73 Å². The zero-order valence-corrected chi connectivity index (χ0v) is 13.4. The van der Waals surface area contributed by atoms with Crippen molar-refractivity contribution < 1.29 is 9.59 Å². The number of nitrogens with two attached hydrogens (primary N) is 1. The first kappa shape index (κ1) is 16.9. The van der Waals surface area contributed by atoms with Gasteiger partial charge in [-0.2, -0.15) is 11.8 Å². The van der Waals surface area contributed by atoms with Gasteiger partial charge in [0.1, 0.15) is 0 Å². The Hall–Kier alpha value is -1.14. The van der Waals surface area contributed by atoms with Gasteiger partial charge in [0.25, 0.3) is 0 Å². The van der Waals surface area contributed by atoms with Crippen LogP contribution in [0.5, 0.6) is 0 Å². The van der Waals surface area contributed by atoms with Gasteiger partial charge in [0.15, 0.2) is 0 Å². The predicted molar refractivity (Wildman–Crippen MR) is 85.8 cm³/mol. The first-order valence-electron chi connectivity index (χ1n) is 6.26. The molecule has 0 aliphatic rings. The lowest BCUT2D eigenvalue weighted by molar-refractivity contribution is -0.130. The number of thioether (sulfide) groups is 2. The van der Waals surface area contributed by atoms with E-state index in [1.54, 1.807) is 23.7 Å². The van der Waals surface area contributed by atoms with Crippen LogP contribution in [0, 0.1) is 0 Å². The summed E-state index contributed by atoms with van der Waals surface area (Å²) in [6.45, 7) is 0.605. The highest BCUT2D eigenvalue weighted by Crippen LogP contribution is 2.16. The van der Waals surface area contributed by atoms with E-state index in [-0.39, 0.29) is 17.6 Å². The molecule has 0 unspecified atom stereocenters. The lowest BCUT2D eigenvalue weighted by Gasteiger charge is -2.17. The van der Waals surface area contributed by atoms with Gasteiger partial charge in [0, 0.05) is 30.7 Å². The summed E-state index contributed by atoms with van der Waals surface area (Å²) in [5.41, 5.74) is 6.15.